The highest BCUT2D eigenvalue weighted by Crippen LogP contribution is 2.28. The quantitative estimate of drug-likeness (QED) is 0.435. The number of carbonyl (C=O) groups is 1. The molecule has 0 unspecified atom stereocenters. The largest absolute Gasteiger partial charge is 0.496 e. The summed E-state index contributed by atoms with van der Waals surface area (Å²) in [5.41, 5.74) is 4.86. The Morgan fingerprint density at radius 2 is 1.90 bits per heavy atom. The summed E-state index contributed by atoms with van der Waals surface area (Å²) in [5.74, 6) is 0.974. The van der Waals surface area contributed by atoms with Crippen LogP contribution in [0.3, 0.4) is 0 Å². The summed E-state index contributed by atoms with van der Waals surface area (Å²) in [5, 5.41) is 2.95. The number of rotatable bonds is 5. The summed E-state index contributed by atoms with van der Waals surface area (Å²) in [6, 6.07) is 19.1. The van der Waals surface area contributed by atoms with Crippen molar-refractivity contribution in [3.8, 4) is 17.2 Å². The van der Waals surface area contributed by atoms with Crippen LogP contribution in [0.15, 0.2) is 69.6 Å². The number of hydrogen-bond donors (Lipinski definition) is 1. The monoisotopic (exact) mass is 450 g/mol. The van der Waals surface area contributed by atoms with Crippen molar-refractivity contribution in [1.82, 2.24) is 10.3 Å². The molecule has 0 spiro atoms. The summed E-state index contributed by atoms with van der Waals surface area (Å²) >= 11 is 3.43. The van der Waals surface area contributed by atoms with E-state index in [4.69, 9.17) is 9.15 Å². The van der Waals surface area contributed by atoms with Gasteiger partial charge in [0.2, 0.25) is 5.89 Å². The van der Waals surface area contributed by atoms with Gasteiger partial charge in [0.05, 0.1) is 12.7 Å². The number of oxazole rings is 1. The molecule has 4 rings (SSSR count). The first-order valence-electron chi connectivity index (χ1n) is 9.12. The highest BCUT2D eigenvalue weighted by atomic mass is 79.9. The number of nitrogens with zero attached hydrogens (tertiary/aromatic N) is 1. The molecule has 0 saturated carbocycles. The van der Waals surface area contributed by atoms with E-state index in [0.29, 0.717) is 23.7 Å². The number of methoxy groups -OCH3 is 1. The number of halogens is 1. The fraction of sp³-hybridized carbons (Fsp3) is 0.130. The van der Waals surface area contributed by atoms with Gasteiger partial charge in [-0.25, -0.2) is 4.98 Å². The van der Waals surface area contributed by atoms with Crippen molar-refractivity contribution in [3.05, 3.63) is 81.8 Å². The first-order valence-corrected chi connectivity index (χ1v) is 9.91. The van der Waals surface area contributed by atoms with Crippen LogP contribution >= 0.6 is 15.9 Å². The van der Waals surface area contributed by atoms with Gasteiger partial charge in [-0.1, -0.05) is 40.2 Å². The number of nitrogens with one attached hydrogen (secondary N) is 1. The first kappa shape index (κ1) is 19.2. The smallest absolute Gasteiger partial charge is 0.255 e. The Labute approximate surface area is 176 Å². The molecule has 6 heteroatoms. The number of amides is 1. The molecule has 1 aromatic heterocycles. The second-order valence-electron chi connectivity index (χ2n) is 6.67. The molecule has 0 aliphatic carbocycles. The minimum atomic E-state index is -0.186. The predicted molar refractivity (Wildman–Crippen MR) is 116 cm³/mol. The van der Waals surface area contributed by atoms with Gasteiger partial charge in [0.25, 0.3) is 5.91 Å². The summed E-state index contributed by atoms with van der Waals surface area (Å²) in [7, 11) is 1.57. The normalized spacial score (nSPS) is 10.9. The van der Waals surface area contributed by atoms with Crippen molar-refractivity contribution in [3.63, 3.8) is 0 Å². The summed E-state index contributed by atoms with van der Waals surface area (Å²) in [6.45, 7) is 2.31. The van der Waals surface area contributed by atoms with Crippen molar-refractivity contribution in [2.24, 2.45) is 0 Å². The van der Waals surface area contributed by atoms with Crippen LogP contribution in [0.4, 0.5) is 0 Å². The molecule has 0 aliphatic heterocycles. The van der Waals surface area contributed by atoms with Crippen LogP contribution in [0.5, 0.6) is 5.75 Å². The Hall–Kier alpha value is -3.12. The Morgan fingerprint density at radius 1 is 1.14 bits per heavy atom. The third kappa shape index (κ3) is 4.03. The molecular weight excluding hydrogens is 432 g/mol. The number of aromatic nitrogens is 1. The average molecular weight is 451 g/mol. The minimum Gasteiger partial charge on any atom is -0.496 e. The molecule has 146 valence electrons. The van der Waals surface area contributed by atoms with Gasteiger partial charge in [0.1, 0.15) is 11.3 Å². The van der Waals surface area contributed by atoms with E-state index in [1.54, 1.807) is 13.2 Å². The van der Waals surface area contributed by atoms with Gasteiger partial charge in [0.15, 0.2) is 5.58 Å². The van der Waals surface area contributed by atoms with E-state index in [0.717, 1.165) is 32.3 Å². The van der Waals surface area contributed by atoms with Crippen LogP contribution in [0.2, 0.25) is 0 Å². The lowest BCUT2D eigenvalue weighted by molar-refractivity contribution is 0.0947. The van der Waals surface area contributed by atoms with E-state index in [9.17, 15) is 4.79 Å². The van der Waals surface area contributed by atoms with Gasteiger partial charge in [0, 0.05) is 16.6 Å². The van der Waals surface area contributed by atoms with E-state index >= 15 is 0 Å². The molecule has 3 aromatic carbocycles. The molecule has 1 heterocycles. The Balaban J connectivity index is 1.47. The molecule has 0 atom stereocenters. The molecule has 0 radical (unpaired) electrons. The topological polar surface area (TPSA) is 64.4 Å². The lowest BCUT2D eigenvalue weighted by Gasteiger charge is -2.12. The molecular formula is C23H19BrN2O3. The standard InChI is InChI=1S/C23H19BrN2O3/c1-14-11-17(24)12-18(21(14)28-2)22(27)25-13-15-7-9-16(10-8-15)23-26-19-5-3-4-6-20(19)29-23/h3-12H,13H2,1-2H3,(H,25,27). The van der Waals surface area contributed by atoms with E-state index in [1.807, 2.05) is 61.5 Å². The van der Waals surface area contributed by atoms with E-state index < -0.39 is 0 Å². The number of carbonyl (C=O) groups excluding carboxylic acids is 1. The van der Waals surface area contributed by atoms with Crippen LogP contribution < -0.4 is 10.1 Å². The van der Waals surface area contributed by atoms with Gasteiger partial charge in [-0.3, -0.25) is 4.79 Å². The van der Waals surface area contributed by atoms with Crippen LogP contribution in [0, 0.1) is 6.92 Å². The van der Waals surface area contributed by atoms with Crippen molar-refractivity contribution >= 4 is 32.9 Å². The second kappa shape index (κ2) is 8.09. The third-order valence-electron chi connectivity index (χ3n) is 4.64. The highest BCUT2D eigenvalue weighted by molar-refractivity contribution is 9.10. The van der Waals surface area contributed by atoms with Crippen molar-refractivity contribution < 1.29 is 13.9 Å². The van der Waals surface area contributed by atoms with E-state index in [-0.39, 0.29) is 5.91 Å². The first-order chi connectivity index (χ1) is 14.0. The maximum Gasteiger partial charge on any atom is 0.255 e. The lowest BCUT2D eigenvalue weighted by atomic mass is 10.1. The number of hydrogen-bond acceptors (Lipinski definition) is 4. The van der Waals surface area contributed by atoms with Crippen LogP contribution in [-0.2, 0) is 6.54 Å². The minimum absolute atomic E-state index is 0.186. The molecule has 0 fully saturated rings. The van der Waals surface area contributed by atoms with Crippen LogP contribution in [-0.4, -0.2) is 18.0 Å². The maximum absolute atomic E-state index is 12.7. The number of para-hydroxylation sites is 2. The van der Waals surface area contributed by atoms with Crippen LogP contribution in [0.1, 0.15) is 21.5 Å². The average Bonchev–Trinajstić information content (AvgIpc) is 3.16. The number of fused-ring (bicyclic) bond motifs is 1. The van der Waals surface area contributed by atoms with E-state index in [2.05, 4.69) is 26.2 Å². The SMILES string of the molecule is COc1c(C)cc(Br)cc1C(=O)NCc1ccc(-c2nc3ccccc3o2)cc1. The molecule has 0 bridgehead atoms. The molecule has 0 saturated heterocycles. The molecule has 5 nitrogen and oxygen atoms in total. The van der Waals surface area contributed by atoms with Crippen LogP contribution in [0.25, 0.3) is 22.6 Å². The van der Waals surface area contributed by atoms with Gasteiger partial charge in [-0.2, -0.15) is 0 Å². The Morgan fingerprint density at radius 3 is 2.62 bits per heavy atom. The summed E-state index contributed by atoms with van der Waals surface area (Å²) in [4.78, 5) is 17.2. The molecule has 1 N–H and O–H groups in total. The molecule has 4 aromatic rings. The third-order valence-corrected chi connectivity index (χ3v) is 5.09. The zero-order valence-electron chi connectivity index (χ0n) is 16.0. The zero-order chi connectivity index (χ0) is 20.4. The maximum atomic E-state index is 12.7. The Bertz CT molecular complexity index is 1150. The fourth-order valence-corrected chi connectivity index (χ4v) is 3.78. The van der Waals surface area contributed by atoms with Gasteiger partial charge in [-0.05, 0) is 54.4 Å². The fourth-order valence-electron chi connectivity index (χ4n) is 3.21. The summed E-state index contributed by atoms with van der Waals surface area (Å²) in [6.07, 6.45) is 0. The predicted octanol–water partition coefficient (Wildman–Crippen LogP) is 5.50. The van der Waals surface area contributed by atoms with Gasteiger partial charge < -0.3 is 14.5 Å². The molecule has 0 aliphatic rings. The second-order valence-corrected chi connectivity index (χ2v) is 7.59. The number of aryl methyl sites for hydroxylation is 1. The van der Waals surface area contributed by atoms with E-state index in [1.165, 1.54) is 0 Å². The number of ether oxygens (including phenoxy) is 1. The van der Waals surface area contributed by atoms with Gasteiger partial charge >= 0.3 is 0 Å². The summed E-state index contributed by atoms with van der Waals surface area (Å²) < 4.78 is 12.0. The van der Waals surface area contributed by atoms with Crippen molar-refractivity contribution in [2.45, 2.75) is 13.5 Å². The van der Waals surface area contributed by atoms with Gasteiger partial charge in [-0.15, -0.1) is 0 Å². The number of benzene rings is 3. The molecule has 1 amide bonds. The molecule has 29 heavy (non-hydrogen) atoms. The van der Waals surface area contributed by atoms with Crippen molar-refractivity contribution in [1.29, 1.82) is 0 Å². The van der Waals surface area contributed by atoms with Crippen molar-refractivity contribution in [2.75, 3.05) is 7.11 Å². The Kier molecular flexibility index (Phi) is 5.36. The zero-order valence-corrected chi connectivity index (χ0v) is 17.6. The lowest BCUT2D eigenvalue weighted by Crippen LogP contribution is -2.23. The highest BCUT2D eigenvalue weighted by Gasteiger charge is 2.15.